The Kier molecular flexibility index (Phi) is 6.22. The van der Waals surface area contributed by atoms with Gasteiger partial charge in [0.05, 0.1) is 0 Å². The third kappa shape index (κ3) is 5.72. The second kappa shape index (κ2) is 8.58. The largest absolute Gasteiger partial charge is 0.478 e. The summed E-state index contributed by atoms with van der Waals surface area (Å²) >= 11 is 0. The van der Waals surface area contributed by atoms with E-state index in [1.807, 2.05) is 0 Å². The predicted octanol–water partition coefficient (Wildman–Crippen LogP) is 2.59. The van der Waals surface area contributed by atoms with E-state index in [0.29, 0.717) is 5.56 Å². The minimum atomic E-state index is -1.02. The van der Waals surface area contributed by atoms with Crippen LogP contribution in [-0.4, -0.2) is 17.9 Å². The highest BCUT2D eigenvalue weighted by molar-refractivity contribution is 5.93. The van der Waals surface area contributed by atoms with Crippen molar-refractivity contribution in [2.24, 2.45) is 0 Å². The number of halogens is 2. The van der Waals surface area contributed by atoms with Gasteiger partial charge >= 0.3 is 0 Å². The summed E-state index contributed by atoms with van der Waals surface area (Å²) in [5.41, 5.74) is 4.97. The van der Waals surface area contributed by atoms with Gasteiger partial charge in [0.1, 0.15) is 5.82 Å². The van der Waals surface area contributed by atoms with Crippen molar-refractivity contribution in [1.29, 1.82) is 0 Å². The molecule has 0 aliphatic rings. The Hall–Kier alpha value is -3.22. The molecule has 2 amide bonds. The third-order valence-electron chi connectivity index (χ3n) is 3.12. The first-order valence-electron chi connectivity index (χ1n) is 7.40. The van der Waals surface area contributed by atoms with Gasteiger partial charge in [-0.25, -0.2) is 8.78 Å². The molecule has 0 saturated carbocycles. The van der Waals surface area contributed by atoms with Crippen LogP contribution in [0.15, 0.2) is 54.6 Å². The topological polar surface area (TPSA) is 67.4 Å². The normalized spacial score (nSPS) is 11.8. The molecule has 5 nitrogen and oxygen atoms in total. The lowest BCUT2D eigenvalue weighted by molar-refractivity contribution is -0.131. The Morgan fingerprint density at radius 3 is 2.40 bits per heavy atom. The van der Waals surface area contributed by atoms with Crippen LogP contribution in [-0.2, 0) is 9.59 Å². The Labute approximate surface area is 143 Å². The average molecular weight is 346 g/mol. The van der Waals surface area contributed by atoms with Crippen molar-refractivity contribution in [3.63, 3.8) is 0 Å². The Morgan fingerprint density at radius 2 is 1.72 bits per heavy atom. The SMILES string of the molecule is C[C@@H](Oc1ccccc1F)C(=O)NNC(=O)/C=C/c1ccc(F)cc1. The average Bonchev–Trinajstić information content (AvgIpc) is 2.61. The van der Waals surface area contributed by atoms with Gasteiger partial charge in [-0.05, 0) is 42.8 Å². The van der Waals surface area contributed by atoms with E-state index in [2.05, 4.69) is 10.9 Å². The maximum atomic E-state index is 13.5. The minimum absolute atomic E-state index is 0.0623. The molecule has 130 valence electrons. The summed E-state index contributed by atoms with van der Waals surface area (Å²) in [5, 5.41) is 0. The molecule has 2 aromatic rings. The molecule has 0 heterocycles. The standard InChI is InChI=1S/C18H16F2N2O3/c1-12(25-16-5-3-2-4-15(16)20)18(24)22-21-17(23)11-8-13-6-9-14(19)10-7-13/h2-12H,1H3,(H,21,23)(H,22,24)/b11-8+/t12-/m1/s1. The highest BCUT2D eigenvalue weighted by atomic mass is 19.1. The smallest absolute Gasteiger partial charge is 0.279 e. The molecule has 7 heteroatoms. The number of nitrogens with one attached hydrogen (secondary N) is 2. The molecule has 0 aromatic heterocycles. The molecule has 0 fully saturated rings. The van der Waals surface area contributed by atoms with E-state index in [1.165, 1.54) is 61.5 Å². The molecule has 0 saturated heterocycles. The monoisotopic (exact) mass is 346 g/mol. The molecule has 1 atom stereocenters. The van der Waals surface area contributed by atoms with Crippen LogP contribution in [0.1, 0.15) is 12.5 Å². The molecule has 25 heavy (non-hydrogen) atoms. The lowest BCUT2D eigenvalue weighted by Gasteiger charge is -2.15. The first kappa shape index (κ1) is 18.1. The summed E-state index contributed by atoms with van der Waals surface area (Å²) in [6.07, 6.45) is 1.62. The summed E-state index contributed by atoms with van der Waals surface area (Å²) in [5.74, 6) is -2.26. The summed E-state index contributed by atoms with van der Waals surface area (Å²) in [7, 11) is 0. The number of hydrazine groups is 1. The van der Waals surface area contributed by atoms with Crippen LogP contribution in [0.5, 0.6) is 5.75 Å². The molecule has 0 radical (unpaired) electrons. The van der Waals surface area contributed by atoms with E-state index in [4.69, 9.17) is 4.74 Å². The first-order valence-corrected chi connectivity index (χ1v) is 7.40. The summed E-state index contributed by atoms with van der Waals surface area (Å²) in [6, 6.07) is 11.2. The number of benzene rings is 2. The van der Waals surface area contributed by atoms with Gasteiger partial charge in [-0.1, -0.05) is 24.3 Å². The maximum Gasteiger partial charge on any atom is 0.279 e. The molecule has 2 aromatic carbocycles. The van der Waals surface area contributed by atoms with Crippen LogP contribution in [0.25, 0.3) is 6.08 Å². The summed E-state index contributed by atoms with van der Waals surface area (Å²) in [4.78, 5) is 23.5. The quantitative estimate of drug-likeness (QED) is 0.646. The Morgan fingerprint density at radius 1 is 1.04 bits per heavy atom. The van der Waals surface area contributed by atoms with Crippen LogP contribution >= 0.6 is 0 Å². The van der Waals surface area contributed by atoms with Gasteiger partial charge in [-0.15, -0.1) is 0 Å². The van der Waals surface area contributed by atoms with Crippen molar-refractivity contribution in [3.05, 3.63) is 71.8 Å². The highest BCUT2D eigenvalue weighted by Gasteiger charge is 2.16. The summed E-state index contributed by atoms with van der Waals surface area (Å²) < 4.78 is 31.4. The van der Waals surface area contributed by atoms with Gasteiger partial charge < -0.3 is 4.74 Å². The van der Waals surface area contributed by atoms with Crippen LogP contribution in [0.2, 0.25) is 0 Å². The number of ether oxygens (including phenoxy) is 1. The van der Waals surface area contributed by atoms with Gasteiger partial charge in [-0.3, -0.25) is 20.4 Å². The van der Waals surface area contributed by atoms with Crippen molar-refractivity contribution < 1.29 is 23.1 Å². The van der Waals surface area contributed by atoms with Gasteiger partial charge in [0.15, 0.2) is 17.7 Å². The van der Waals surface area contributed by atoms with Crippen LogP contribution in [0, 0.1) is 11.6 Å². The number of hydrogen-bond acceptors (Lipinski definition) is 3. The van der Waals surface area contributed by atoms with Crippen molar-refractivity contribution in [1.82, 2.24) is 10.9 Å². The second-order valence-electron chi connectivity index (χ2n) is 5.05. The lowest BCUT2D eigenvalue weighted by atomic mass is 10.2. The minimum Gasteiger partial charge on any atom is -0.478 e. The van der Waals surface area contributed by atoms with E-state index in [-0.39, 0.29) is 11.6 Å². The number of rotatable bonds is 5. The Bertz CT molecular complexity index is 776. The van der Waals surface area contributed by atoms with Gasteiger partial charge in [-0.2, -0.15) is 0 Å². The van der Waals surface area contributed by atoms with Crippen molar-refractivity contribution in [2.75, 3.05) is 0 Å². The zero-order valence-electron chi connectivity index (χ0n) is 13.3. The van der Waals surface area contributed by atoms with E-state index < -0.39 is 23.7 Å². The fraction of sp³-hybridized carbons (Fsp3) is 0.111. The number of para-hydroxylation sites is 1. The third-order valence-corrected chi connectivity index (χ3v) is 3.12. The van der Waals surface area contributed by atoms with Crippen molar-refractivity contribution in [3.8, 4) is 5.75 Å². The summed E-state index contributed by atoms with van der Waals surface area (Å²) in [6.45, 7) is 1.42. The molecule has 2 N–H and O–H groups in total. The zero-order chi connectivity index (χ0) is 18.2. The van der Waals surface area contributed by atoms with E-state index in [9.17, 15) is 18.4 Å². The van der Waals surface area contributed by atoms with Crippen LogP contribution in [0.3, 0.4) is 0 Å². The molecule has 0 bridgehead atoms. The maximum absolute atomic E-state index is 13.5. The molecule has 0 aliphatic carbocycles. The Balaban J connectivity index is 1.81. The molecule has 0 unspecified atom stereocenters. The molecule has 2 rings (SSSR count). The van der Waals surface area contributed by atoms with E-state index >= 15 is 0 Å². The highest BCUT2D eigenvalue weighted by Crippen LogP contribution is 2.16. The predicted molar refractivity (Wildman–Crippen MR) is 88.2 cm³/mol. The fourth-order valence-corrected chi connectivity index (χ4v) is 1.80. The van der Waals surface area contributed by atoms with E-state index in [0.717, 1.165) is 0 Å². The van der Waals surface area contributed by atoms with E-state index in [1.54, 1.807) is 6.07 Å². The number of carbonyl (C=O) groups is 2. The van der Waals surface area contributed by atoms with Crippen molar-refractivity contribution >= 4 is 17.9 Å². The van der Waals surface area contributed by atoms with Gasteiger partial charge in [0.2, 0.25) is 0 Å². The second-order valence-corrected chi connectivity index (χ2v) is 5.05. The van der Waals surface area contributed by atoms with Crippen molar-refractivity contribution in [2.45, 2.75) is 13.0 Å². The molecular weight excluding hydrogens is 330 g/mol. The number of amides is 2. The van der Waals surface area contributed by atoms with Crippen LogP contribution < -0.4 is 15.6 Å². The fourth-order valence-electron chi connectivity index (χ4n) is 1.80. The molecule has 0 spiro atoms. The van der Waals surface area contributed by atoms with Gasteiger partial charge in [0.25, 0.3) is 11.8 Å². The van der Waals surface area contributed by atoms with Crippen LogP contribution in [0.4, 0.5) is 8.78 Å². The first-order chi connectivity index (χ1) is 12.0. The van der Waals surface area contributed by atoms with Gasteiger partial charge in [0, 0.05) is 6.08 Å². The zero-order valence-corrected chi connectivity index (χ0v) is 13.3. The molecular formula is C18H16F2N2O3. The number of carbonyl (C=O) groups excluding carboxylic acids is 2. The molecule has 0 aliphatic heterocycles. The number of hydrogen-bond donors (Lipinski definition) is 2. The lowest BCUT2D eigenvalue weighted by Crippen LogP contribution is -2.46.